The van der Waals surface area contributed by atoms with E-state index in [1.54, 1.807) is 42.5 Å². The molecule has 1 atom stereocenters. The highest BCUT2D eigenvalue weighted by atomic mass is 35.5. The van der Waals surface area contributed by atoms with Crippen LogP contribution >= 0.6 is 11.6 Å². The number of carboxylic acid groups (broad SMARTS) is 1. The molecule has 6 nitrogen and oxygen atoms in total. The Balaban J connectivity index is 1.91. The molecule has 0 radical (unpaired) electrons. The van der Waals surface area contributed by atoms with Crippen LogP contribution in [-0.4, -0.2) is 22.2 Å². The molecule has 1 unspecified atom stereocenters. The number of nitrogens with zero attached hydrogens (tertiary/aromatic N) is 1. The summed E-state index contributed by atoms with van der Waals surface area (Å²) in [5, 5.41) is 10.1. The zero-order valence-corrected chi connectivity index (χ0v) is 16.2. The molecule has 0 aliphatic rings. The van der Waals surface area contributed by atoms with Gasteiger partial charge in [0.2, 0.25) is 12.0 Å². The Hall–Kier alpha value is -2.83. The first kappa shape index (κ1) is 19.9. The van der Waals surface area contributed by atoms with E-state index in [9.17, 15) is 9.90 Å². The summed E-state index contributed by atoms with van der Waals surface area (Å²) in [5.74, 6) is -0.526. The predicted molar refractivity (Wildman–Crippen MR) is 104 cm³/mol. The minimum atomic E-state index is -1.18. The predicted octanol–water partition coefficient (Wildman–Crippen LogP) is 5.12. The minimum absolute atomic E-state index is 0.0624. The van der Waals surface area contributed by atoms with Gasteiger partial charge < -0.3 is 19.0 Å². The number of hydrogen-bond donors (Lipinski definition) is 1. The third-order valence-electron chi connectivity index (χ3n) is 3.86. The Kier molecular flexibility index (Phi) is 6.34. The molecule has 1 N–H and O–H groups in total. The van der Waals surface area contributed by atoms with Crippen molar-refractivity contribution in [2.75, 3.05) is 0 Å². The molecule has 3 rings (SSSR count). The number of oxazole rings is 1. The summed E-state index contributed by atoms with van der Waals surface area (Å²) in [7, 11) is 0. The van der Waals surface area contributed by atoms with Gasteiger partial charge in [0.05, 0.1) is 18.3 Å². The van der Waals surface area contributed by atoms with E-state index in [1.165, 1.54) is 6.26 Å². The van der Waals surface area contributed by atoms with E-state index in [0.717, 1.165) is 0 Å². The van der Waals surface area contributed by atoms with Gasteiger partial charge in [-0.3, -0.25) is 0 Å². The summed E-state index contributed by atoms with van der Waals surface area (Å²) < 4.78 is 16.9. The molecule has 0 aliphatic heterocycles. The van der Waals surface area contributed by atoms with Crippen molar-refractivity contribution in [3.05, 3.63) is 71.1 Å². The van der Waals surface area contributed by atoms with Crippen molar-refractivity contribution < 1.29 is 23.8 Å². The number of aliphatic carboxylic acids is 1. The second-order valence-electron chi connectivity index (χ2n) is 6.39. The summed E-state index contributed by atoms with van der Waals surface area (Å²) in [6, 6.07) is 13.6. The lowest BCUT2D eigenvalue weighted by atomic mass is 10.1. The summed E-state index contributed by atoms with van der Waals surface area (Å²) in [6.45, 7) is 4.17. The Morgan fingerprint density at radius 3 is 2.64 bits per heavy atom. The summed E-state index contributed by atoms with van der Waals surface area (Å²) in [5.41, 5.74) is 1.60. The highest BCUT2D eigenvalue weighted by Crippen LogP contribution is 2.35. The number of aromatic nitrogens is 1. The number of benzene rings is 2. The van der Waals surface area contributed by atoms with E-state index >= 15 is 0 Å². The molecule has 7 heteroatoms. The fourth-order valence-electron chi connectivity index (χ4n) is 2.54. The second kappa shape index (κ2) is 8.91. The van der Waals surface area contributed by atoms with E-state index in [2.05, 4.69) is 4.98 Å². The number of ether oxygens (including phenoxy) is 2. The Morgan fingerprint density at radius 1 is 1.21 bits per heavy atom. The van der Waals surface area contributed by atoms with Crippen molar-refractivity contribution in [2.45, 2.75) is 32.7 Å². The van der Waals surface area contributed by atoms with Gasteiger partial charge >= 0.3 is 5.97 Å². The lowest BCUT2D eigenvalue weighted by Crippen LogP contribution is -2.18. The van der Waals surface area contributed by atoms with Gasteiger partial charge in [-0.05, 0) is 32.0 Å². The standard InChI is InChI=1S/C21H20ClNO5/c1-13(2)26-11-16-12-27-20(23-16)17-10-15(22)8-9-18(17)28-19(21(24)25)14-6-4-3-5-7-14/h3-10,12-13,19H,11H2,1-2H3,(H,24,25). The van der Waals surface area contributed by atoms with Crippen LogP contribution < -0.4 is 4.74 Å². The molecule has 0 fully saturated rings. The van der Waals surface area contributed by atoms with Gasteiger partial charge in [0, 0.05) is 10.6 Å². The maximum absolute atomic E-state index is 11.8. The van der Waals surface area contributed by atoms with Crippen LogP contribution in [0.3, 0.4) is 0 Å². The molecule has 0 spiro atoms. The topological polar surface area (TPSA) is 81.8 Å². The van der Waals surface area contributed by atoms with Gasteiger partial charge in [0.25, 0.3) is 0 Å². The van der Waals surface area contributed by atoms with Crippen molar-refractivity contribution in [1.29, 1.82) is 0 Å². The van der Waals surface area contributed by atoms with E-state index in [-0.39, 0.29) is 12.0 Å². The first-order chi connectivity index (χ1) is 13.4. The maximum Gasteiger partial charge on any atom is 0.349 e. The molecule has 2 aromatic carbocycles. The molecular formula is C21H20ClNO5. The highest BCUT2D eigenvalue weighted by Gasteiger charge is 2.24. The second-order valence-corrected chi connectivity index (χ2v) is 6.83. The molecule has 28 heavy (non-hydrogen) atoms. The average molecular weight is 402 g/mol. The highest BCUT2D eigenvalue weighted by molar-refractivity contribution is 6.30. The van der Waals surface area contributed by atoms with Crippen molar-refractivity contribution in [2.24, 2.45) is 0 Å². The number of halogens is 1. The van der Waals surface area contributed by atoms with E-state index in [4.69, 9.17) is 25.5 Å². The molecule has 0 saturated carbocycles. The van der Waals surface area contributed by atoms with Crippen LogP contribution in [0.4, 0.5) is 0 Å². The largest absolute Gasteiger partial charge is 0.478 e. The van der Waals surface area contributed by atoms with Crippen molar-refractivity contribution in [3.8, 4) is 17.2 Å². The fourth-order valence-corrected chi connectivity index (χ4v) is 2.71. The lowest BCUT2D eigenvalue weighted by Gasteiger charge is -2.17. The molecule has 0 amide bonds. The third-order valence-corrected chi connectivity index (χ3v) is 4.09. The first-order valence-corrected chi connectivity index (χ1v) is 9.12. The maximum atomic E-state index is 11.8. The number of carboxylic acids is 1. The van der Waals surface area contributed by atoms with Crippen LogP contribution in [0, 0.1) is 0 Å². The number of hydrogen-bond acceptors (Lipinski definition) is 5. The van der Waals surface area contributed by atoms with Gasteiger partial charge in [-0.2, -0.15) is 0 Å². The summed E-state index contributed by atoms with van der Waals surface area (Å²) >= 11 is 6.13. The van der Waals surface area contributed by atoms with Gasteiger partial charge in [0.15, 0.2) is 0 Å². The molecule has 1 heterocycles. The Morgan fingerprint density at radius 2 is 1.96 bits per heavy atom. The minimum Gasteiger partial charge on any atom is -0.478 e. The zero-order valence-electron chi connectivity index (χ0n) is 15.5. The van der Waals surface area contributed by atoms with Crippen LogP contribution in [0.15, 0.2) is 59.2 Å². The SMILES string of the molecule is CC(C)OCc1coc(-c2cc(Cl)ccc2OC(C(=O)O)c2ccccc2)n1. The van der Waals surface area contributed by atoms with Crippen LogP contribution in [0.5, 0.6) is 5.75 Å². The summed E-state index contributed by atoms with van der Waals surface area (Å²) in [6.07, 6.45) is 0.376. The monoisotopic (exact) mass is 401 g/mol. The molecule has 0 aliphatic carbocycles. The lowest BCUT2D eigenvalue weighted by molar-refractivity contribution is -0.145. The quantitative estimate of drug-likeness (QED) is 0.563. The van der Waals surface area contributed by atoms with Gasteiger partial charge in [-0.1, -0.05) is 41.9 Å². The molecule has 3 aromatic rings. The molecule has 146 valence electrons. The van der Waals surface area contributed by atoms with E-state index in [0.29, 0.717) is 34.2 Å². The van der Waals surface area contributed by atoms with E-state index in [1.807, 2.05) is 19.9 Å². The van der Waals surface area contributed by atoms with Crippen molar-refractivity contribution >= 4 is 17.6 Å². The van der Waals surface area contributed by atoms with Crippen molar-refractivity contribution in [3.63, 3.8) is 0 Å². The van der Waals surface area contributed by atoms with Crippen LogP contribution in [0.2, 0.25) is 5.02 Å². The van der Waals surface area contributed by atoms with Crippen LogP contribution in [0.1, 0.15) is 31.2 Å². The van der Waals surface area contributed by atoms with Gasteiger partial charge in [-0.15, -0.1) is 0 Å². The average Bonchev–Trinajstić information content (AvgIpc) is 3.14. The van der Waals surface area contributed by atoms with Crippen LogP contribution in [-0.2, 0) is 16.1 Å². The normalized spacial score (nSPS) is 12.1. The first-order valence-electron chi connectivity index (χ1n) is 8.74. The third kappa shape index (κ3) is 4.91. The molecular weight excluding hydrogens is 382 g/mol. The van der Waals surface area contributed by atoms with E-state index < -0.39 is 12.1 Å². The Bertz CT molecular complexity index is 939. The Labute approximate surface area is 167 Å². The van der Waals surface area contributed by atoms with Crippen LogP contribution in [0.25, 0.3) is 11.5 Å². The molecule has 0 bridgehead atoms. The van der Waals surface area contributed by atoms with Gasteiger partial charge in [0.1, 0.15) is 17.7 Å². The molecule has 1 aromatic heterocycles. The zero-order chi connectivity index (χ0) is 20.1. The number of carbonyl (C=O) groups is 1. The molecule has 0 saturated heterocycles. The van der Waals surface area contributed by atoms with Gasteiger partial charge in [-0.25, -0.2) is 9.78 Å². The van der Waals surface area contributed by atoms with Crippen molar-refractivity contribution in [1.82, 2.24) is 4.98 Å². The smallest absolute Gasteiger partial charge is 0.349 e. The fraction of sp³-hybridized carbons (Fsp3) is 0.238. The summed E-state index contributed by atoms with van der Waals surface area (Å²) in [4.78, 5) is 16.2. The number of rotatable bonds is 8.